The molecule has 15 heavy (non-hydrogen) atoms. The standard InChI is InChI=1S/C12H18BrNO/c1-9-8-10(4-5-11(9)13)12(15)6-7-14(2)3/h4-5,8,12,15H,6-7H2,1-3H3. The summed E-state index contributed by atoms with van der Waals surface area (Å²) in [5, 5.41) is 9.94. The van der Waals surface area contributed by atoms with Gasteiger partial charge in [-0.3, -0.25) is 0 Å². The number of rotatable bonds is 4. The number of nitrogens with zero attached hydrogens (tertiary/aromatic N) is 1. The summed E-state index contributed by atoms with van der Waals surface area (Å²) in [7, 11) is 4.03. The van der Waals surface area contributed by atoms with E-state index >= 15 is 0 Å². The molecular formula is C12H18BrNO. The van der Waals surface area contributed by atoms with Gasteiger partial charge in [0.1, 0.15) is 0 Å². The van der Waals surface area contributed by atoms with Gasteiger partial charge in [0, 0.05) is 11.0 Å². The van der Waals surface area contributed by atoms with Crippen molar-refractivity contribution in [2.75, 3.05) is 20.6 Å². The number of benzene rings is 1. The number of aryl methyl sites for hydroxylation is 1. The number of halogens is 1. The molecule has 0 spiro atoms. The predicted molar refractivity (Wildman–Crippen MR) is 67.0 cm³/mol. The van der Waals surface area contributed by atoms with Gasteiger partial charge in [0.2, 0.25) is 0 Å². The van der Waals surface area contributed by atoms with Crippen molar-refractivity contribution in [3.8, 4) is 0 Å². The van der Waals surface area contributed by atoms with Gasteiger partial charge in [-0.15, -0.1) is 0 Å². The highest BCUT2D eigenvalue weighted by Crippen LogP contribution is 2.22. The van der Waals surface area contributed by atoms with Gasteiger partial charge in [-0.1, -0.05) is 28.1 Å². The van der Waals surface area contributed by atoms with Crippen LogP contribution in [0, 0.1) is 6.92 Å². The Balaban J connectivity index is 2.65. The smallest absolute Gasteiger partial charge is 0.0802 e. The van der Waals surface area contributed by atoms with Gasteiger partial charge in [0.05, 0.1) is 6.10 Å². The lowest BCUT2D eigenvalue weighted by atomic mass is 10.0. The molecule has 0 aliphatic heterocycles. The van der Waals surface area contributed by atoms with E-state index in [2.05, 4.69) is 20.8 Å². The summed E-state index contributed by atoms with van der Waals surface area (Å²) in [6, 6.07) is 5.99. The molecule has 1 N–H and O–H groups in total. The zero-order valence-electron chi connectivity index (χ0n) is 9.50. The van der Waals surface area contributed by atoms with E-state index in [0.29, 0.717) is 0 Å². The van der Waals surface area contributed by atoms with Crippen molar-refractivity contribution >= 4 is 15.9 Å². The molecule has 84 valence electrons. The zero-order valence-corrected chi connectivity index (χ0v) is 11.1. The molecule has 1 aromatic rings. The second-order valence-electron chi connectivity index (χ2n) is 4.12. The number of aliphatic hydroxyl groups excluding tert-OH is 1. The van der Waals surface area contributed by atoms with E-state index in [9.17, 15) is 5.11 Å². The van der Waals surface area contributed by atoms with E-state index in [1.54, 1.807) is 0 Å². The van der Waals surface area contributed by atoms with E-state index in [-0.39, 0.29) is 6.10 Å². The highest BCUT2D eigenvalue weighted by molar-refractivity contribution is 9.10. The lowest BCUT2D eigenvalue weighted by molar-refractivity contribution is 0.154. The van der Waals surface area contributed by atoms with Gasteiger partial charge in [-0.2, -0.15) is 0 Å². The van der Waals surface area contributed by atoms with Crippen LogP contribution < -0.4 is 0 Å². The van der Waals surface area contributed by atoms with Crippen LogP contribution in [-0.4, -0.2) is 30.6 Å². The first-order valence-corrected chi connectivity index (χ1v) is 5.89. The summed E-state index contributed by atoms with van der Waals surface area (Å²) in [5.41, 5.74) is 2.16. The van der Waals surface area contributed by atoms with E-state index in [4.69, 9.17) is 0 Å². The van der Waals surface area contributed by atoms with Crippen molar-refractivity contribution in [3.05, 3.63) is 33.8 Å². The Kier molecular flexibility index (Phi) is 4.77. The minimum Gasteiger partial charge on any atom is -0.388 e. The molecule has 0 heterocycles. The maximum Gasteiger partial charge on any atom is 0.0802 e. The maximum atomic E-state index is 9.94. The normalized spacial score (nSPS) is 13.2. The molecule has 0 saturated heterocycles. The quantitative estimate of drug-likeness (QED) is 0.911. The fourth-order valence-corrected chi connectivity index (χ4v) is 1.67. The van der Waals surface area contributed by atoms with Crippen LogP contribution in [0.25, 0.3) is 0 Å². The number of hydrogen-bond donors (Lipinski definition) is 1. The Hall–Kier alpha value is -0.380. The molecule has 0 aromatic heterocycles. The number of hydrogen-bond acceptors (Lipinski definition) is 2. The molecule has 0 radical (unpaired) electrons. The van der Waals surface area contributed by atoms with E-state index in [0.717, 1.165) is 28.6 Å². The van der Waals surface area contributed by atoms with Crippen molar-refractivity contribution in [2.24, 2.45) is 0 Å². The highest BCUT2D eigenvalue weighted by Gasteiger charge is 2.08. The summed E-state index contributed by atoms with van der Waals surface area (Å²) >= 11 is 3.45. The lowest BCUT2D eigenvalue weighted by Gasteiger charge is -2.15. The molecule has 1 atom stereocenters. The monoisotopic (exact) mass is 271 g/mol. The van der Waals surface area contributed by atoms with Crippen LogP contribution in [0.1, 0.15) is 23.7 Å². The molecule has 0 saturated carbocycles. The van der Waals surface area contributed by atoms with Gasteiger partial charge in [0.15, 0.2) is 0 Å². The molecule has 1 rings (SSSR count). The lowest BCUT2D eigenvalue weighted by Crippen LogP contribution is -2.15. The zero-order chi connectivity index (χ0) is 11.4. The fraction of sp³-hybridized carbons (Fsp3) is 0.500. The fourth-order valence-electron chi connectivity index (χ4n) is 1.42. The summed E-state index contributed by atoms with van der Waals surface area (Å²) in [6.07, 6.45) is 0.410. The summed E-state index contributed by atoms with van der Waals surface area (Å²) < 4.78 is 1.09. The molecule has 0 amide bonds. The Labute approximate surface area is 100 Å². The van der Waals surface area contributed by atoms with E-state index < -0.39 is 0 Å². The first kappa shape index (κ1) is 12.7. The summed E-state index contributed by atoms with van der Waals surface area (Å²) in [5.74, 6) is 0. The molecule has 0 fully saturated rings. The van der Waals surface area contributed by atoms with E-state index in [1.165, 1.54) is 0 Å². The van der Waals surface area contributed by atoms with Crippen molar-refractivity contribution in [2.45, 2.75) is 19.4 Å². The molecule has 2 nitrogen and oxygen atoms in total. The largest absolute Gasteiger partial charge is 0.388 e. The van der Waals surface area contributed by atoms with Crippen LogP contribution in [0.5, 0.6) is 0 Å². The molecule has 1 aromatic carbocycles. The van der Waals surface area contributed by atoms with Crippen molar-refractivity contribution in [1.82, 2.24) is 4.90 Å². The SMILES string of the molecule is Cc1cc(C(O)CCN(C)C)ccc1Br. The molecule has 0 bridgehead atoms. The minimum atomic E-state index is -0.362. The second kappa shape index (κ2) is 5.64. The Morgan fingerprint density at radius 1 is 1.40 bits per heavy atom. The first-order chi connectivity index (χ1) is 7.00. The molecule has 3 heteroatoms. The summed E-state index contributed by atoms with van der Waals surface area (Å²) in [4.78, 5) is 2.08. The van der Waals surface area contributed by atoms with Crippen LogP contribution >= 0.6 is 15.9 Å². The summed E-state index contributed by atoms with van der Waals surface area (Å²) in [6.45, 7) is 2.93. The second-order valence-corrected chi connectivity index (χ2v) is 4.97. The first-order valence-electron chi connectivity index (χ1n) is 5.09. The minimum absolute atomic E-state index is 0.362. The molecular weight excluding hydrogens is 254 g/mol. The van der Waals surface area contributed by atoms with Crippen LogP contribution in [0.15, 0.2) is 22.7 Å². The van der Waals surface area contributed by atoms with E-state index in [1.807, 2.05) is 39.2 Å². The van der Waals surface area contributed by atoms with Gasteiger partial charge < -0.3 is 10.0 Å². The topological polar surface area (TPSA) is 23.5 Å². The third kappa shape index (κ3) is 3.93. The van der Waals surface area contributed by atoms with Gasteiger partial charge in [-0.25, -0.2) is 0 Å². The third-order valence-corrected chi connectivity index (χ3v) is 3.31. The van der Waals surface area contributed by atoms with Crippen molar-refractivity contribution < 1.29 is 5.11 Å². The predicted octanol–water partition coefficient (Wildman–Crippen LogP) is 2.74. The average molecular weight is 272 g/mol. The maximum absolute atomic E-state index is 9.94. The molecule has 1 unspecified atom stereocenters. The third-order valence-electron chi connectivity index (χ3n) is 2.42. The van der Waals surface area contributed by atoms with Gasteiger partial charge >= 0.3 is 0 Å². The Morgan fingerprint density at radius 2 is 2.07 bits per heavy atom. The van der Waals surface area contributed by atoms with Crippen LogP contribution in [0.2, 0.25) is 0 Å². The van der Waals surface area contributed by atoms with Crippen molar-refractivity contribution in [3.63, 3.8) is 0 Å². The Morgan fingerprint density at radius 3 is 2.60 bits per heavy atom. The van der Waals surface area contributed by atoms with Gasteiger partial charge in [-0.05, 0) is 44.6 Å². The van der Waals surface area contributed by atoms with Crippen LogP contribution in [0.4, 0.5) is 0 Å². The molecule has 0 aliphatic rings. The molecule has 0 aliphatic carbocycles. The van der Waals surface area contributed by atoms with Gasteiger partial charge in [0.25, 0.3) is 0 Å². The van der Waals surface area contributed by atoms with Crippen LogP contribution in [0.3, 0.4) is 0 Å². The Bertz CT molecular complexity index is 325. The van der Waals surface area contributed by atoms with Crippen LogP contribution in [-0.2, 0) is 0 Å². The highest BCUT2D eigenvalue weighted by atomic mass is 79.9. The van der Waals surface area contributed by atoms with Crippen molar-refractivity contribution in [1.29, 1.82) is 0 Å². The average Bonchev–Trinajstić information content (AvgIpc) is 2.18. The number of aliphatic hydroxyl groups is 1.